The monoisotopic (exact) mass is 222 g/mol. The molecule has 0 aliphatic heterocycles. The molecule has 16 heavy (non-hydrogen) atoms. The fraction of sp³-hybridized carbons (Fsp3) is 0.667. The van der Waals surface area contributed by atoms with Crippen molar-refractivity contribution in [3.8, 4) is 0 Å². The Kier molecular flexibility index (Phi) is 3.72. The van der Waals surface area contributed by atoms with E-state index in [2.05, 4.69) is 4.98 Å². The van der Waals surface area contributed by atoms with Crippen LogP contribution in [-0.2, 0) is 6.54 Å². The van der Waals surface area contributed by atoms with Gasteiger partial charge in [0.15, 0.2) is 0 Å². The van der Waals surface area contributed by atoms with E-state index in [4.69, 9.17) is 0 Å². The van der Waals surface area contributed by atoms with Crippen LogP contribution in [0, 0.1) is 5.92 Å². The molecule has 4 heteroatoms. The average molecular weight is 222 g/mol. The van der Waals surface area contributed by atoms with Crippen molar-refractivity contribution in [3.63, 3.8) is 0 Å². The maximum absolute atomic E-state index is 11.4. The maximum Gasteiger partial charge on any atom is 0.347 e. The number of nitrogens with zero attached hydrogens (tertiary/aromatic N) is 2. The van der Waals surface area contributed by atoms with Gasteiger partial charge in [0.05, 0.1) is 12.6 Å². The molecule has 0 radical (unpaired) electrons. The molecular formula is C12H18N2O2. The molecule has 1 N–H and O–H groups in total. The van der Waals surface area contributed by atoms with Crippen LogP contribution in [0.2, 0.25) is 0 Å². The van der Waals surface area contributed by atoms with Crippen LogP contribution in [0.1, 0.15) is 32.1 Å². The molecule has 4 nitrogen and oxygen atoms in total. The van der Waals surface area contributed by atoms with Crippen LogP contribution >= 0.6 is 0 Å². The summed E-state index contributed by atoms with van der Waals surface area (Å²) in [5.74, 6) is 0.348. The van der Waals surface area contributed by atoms with E-state index in [1.165, 1.54) is 30.0 Å². The van der Waals surface area contributed by atoms with Gasteiger partial charge >= 0.3 is 5.69 Å². The van der Waals surface area contributed by atoms with Crippen LogP contribution < -0.4 is 5.69 Å². The zero-order valence-electron chi connectivity index (χ0n) is 9.38. The van der Waals surface area contributed by atoms with Crippen molar-refractivity contribution >= 4 is 0 Å². The lowest BCUT2D eigenvalue weighted by Crippen LogP contribution is -2.32. The lowest BCUT2D eigenvalue weighted by molar-refractivity contribution is 0.0683. The summed E-state index contributed by atoms with van der Waals surface area (Å²) in [5, 5.41) is 10.1. The van der Waals surface area contributed by atoms with Crippen molar-refractivity contribution in [1.82, 2.24) is 9.55 Å². The molecular weight excluding hydrogens is 204 g/mol. The molecule has 1 aliphatic carbocycles. The number of rotatable bonds is 3. The summed E-state index contributed by atoms with van der Waals surface area (Å²) in [7, 11) is 0. The Balaban J connectivity index is 1.98. The van der Waals surface area contributed by atoms with Gasteiger partial charge in [0.1, 0.15) is 0 Å². The van der Waals surface area contributed by atoms with Crippen LogP contribution in [0.3, 0.4) is 0 Å². The number of aliphatic hydroxyl groups is 1. The molecule has 0 aromatic carbocycles. The minimum absolute atomic E-state index is 0.280. The van der Waals surface area contributed by atoms with Gasteiger partial charge in [-0.1, -0.05) is 19.3 Å². The van der Waals surface area contributed by atoms with Gasteiger partial charge in [-0.05, 0) is 24.8 Å². The lowest BCUT2D eigenvalue weighted by Gasteiger charge is -2.26. The van der Waals surface area contributed by atoms with E-state index in [-0.39, 0.29) is 5.69 Å². The van der Waals surface area contributed by atoms with E-state index in [0.717, 1.165) is 12.8 Å². The van der Waals surface area contributed by atoms with Crippen LogP contribution in [-0.4, -0.2) is 20.8 Å². The quantitative estimate of drug-likeness (QED) is 0.835. The Morgan fingerprint density at radius 3 is 2.88 bits per heavy atom. The predicted octanol–water partition coefficient (Wildman–Crippen LogP) is 1.18. The molecule has 0 bridgehead atoms. The van der Waals surface area contributed by atoms with Gasteiger partial charge in [0.2, 0.25) is 0 Å². The minimum Gasteiger partial charge on any atom is -0.391 e. The van der Waals surface area contributed by atoms with Crippen molar-refractivity contribution in [2.75, 3.05) is 0 Å². The summed E-state index contributed by atoms with van der Waals surface area (Å²) < 4.78 is 1.49. The molecule has 1 atom stereocenters. The smallest absolute Gasteiger partial charge is 0.347 e. The van der Waals surface area contributed by atoms with Gasteiger partial charge in [-0.25, -0.2) is 9.78 Å². The van der Waals surface area contributed by atoms with Gasteiger partial charge in [-0.2, -0.15) is 0 Å². The van der Waals surface area contributed by atoms with E-state index in [0.29, 0.717) is 12.5 Å². The van der Waals surface area contributed by atoms with Crippen molar-refractivity contribution in [1.29, 1.82) is 0 Å². The highest BCUT2D eigenvalue weighted by Gasteiger charge is 2.22. The topological polar surface area (TPSA) is 55.1 Å². The van der Waals surface area contributed by atoms with Crippen LogP contribution in [0.4, 0.5) is 0 Å². The summed E-state index contributed by atoms with van der Waals surface area (Å²) in [5.41, 5.74) is -0.280. The molecule has 1 aromatic heterocycles. The van der Waals surface area contributed by atoms with Crippen molar-refractivity contribution < 1.29 is 5.11 Å². The molecule has 88 valence electrons. The Morgan fingerprint density at radius 1 is 1.44 bits per heavy atom. The molecule has 2 rings (SSSR count). The minimum atomic E-state index is -0.415. The van der Waals surface area contributed by atoms with E-state index in [9.17, 15) is 9.90 Å². The van der Waals surface area contributed by atoms with E-state index < -0.39 is 6.10 Å². The second-order valence-corrected chi connectivity index (χ2v) is 4.52. The highest BCUT2D eigenvalue weighted by Crippen LogP contribution is 2.26. The molecule has 1 aliphatic rings. The second-order valence-electron chi connectivity index (χ2n) is 4.52. The van der Waals surface area contributed by atoms with Gasteiger partial charge in [-0.3, -0.25) is 4.57 Å². The third-order valence-corrected chi connectivity index (χ3v) is 3.36. The average Bonchev–Trinajstić information content (AvgIpc) is 2.33. The van der Waals surface area contributed by atoms with Crippen LogP contribution in [0.15, 0.2) is 23.3 Å². The number of aliphatic hydroxyl groups excluding tert-OH is 1. The fourth-order valence-electron chi connectivity index (χ4n) is 2.40. The predicted molar refractivity (Wildman–Crippen MR) is 61.1 cm³/mol. The Labute approximate surface area is 95.0 Å². The number of hydrogen-bond acceptors (Lipinski definition) is 3. The highest BCUT2D eigenvalue weighted by molar-refractivity contribution is 4.83. The van der Waals surface area contributed by atoms with E-state index in [1.54, 1.807) is 12.3 Å². The van der Waals surface area contributed by atoms with Crippen LogP contribution in [0.5, 0.6) is 0 Å². The first-order valence-corrected chi connectivity index (χ1v) is 5.97. The largest absolute Gasteiger partial charge is 0.391 e. The Morgan fingerprint density at radius 2 is 2.19 bits per heavy atom. The molecule has 1 aromatic rings. The number of hydrogen-bond donors (Lipinski definition) is 1. The second kappa shape index (κ2) is 5.25. The summed E-state index contributed by atoms with van der Waals surface area (Å²) >= 11 is 0. The maximum atomic E-state index is 11.4. The lowest BCUT2D eigenvalue weighted by atomic mass is 9.85. The van der Waals surface area contributed by atoms with Gasteiger partial charge in [0.25, 0.3) is 0 Å². The normalized spacial score (nSPS) is 19.6. The first-order valence-electron chi connectivity index (χ1n) is 5.97. The Hall–Kier alpha value is -1.16. The summed E-state index contributed by atoms with van der Waals surface area (Å²) in [4.78, 5) is 15.1. The zero-order valence-corrected chi connectivity index (χ0v) is 9.38. The van der Waals surface area contributed by atoms with Gasteiger partial charge in [-0.15, -0.1) is 0 Å². The van der Waals surface area contributed by atoms with Crippen LogP contribution in [0.25, 0.3) is 0 Å². The molecule has 1 saturated carbocycles. The molecule has 1 fully saturated rings. The zero-order chi connectivity index (χ0) is 11.4. The molecule has 1 heterocycles. The highest BCUT2D eigenvalue weighted by atomic mass is 16.3. The molecule has 0 saturated heterocycles. The first kappa shape index (κ1) is 11.3. The third-order valence-electron chi connectivity index (χ3n) is 3.36. The van der Waals surface area contributed by atoms with Crippen molar-refractivity contribution in [3.05, 3.63) is 28.9 Å². The standard InChI is InChI=1S/C12H18N2O2/c15-11(10-5-2-1-3-6-10)9-14-8-4-7-13-12(14)16/h4,7-8,10-11,15H,1-3,5-6,9H2. The van der Waals surface area contributed by atoms with Crippen molar-refractivity contribution in [2.45, 2.75) is 44.8 Å². The third kappa shape index (κ3) is 2.70. The molecule has 0 spiro atoms. The van der Waals surface area contributed by atoms with Crippen molar-refractivity contribution in [2.24, 2.45) is 5.92 Å². The SMILES string of the molecule is O=c1ncccn1CC(O)C1CCCCC1. The summed E-state index contributed by atoms with van der Waals surface area (Å²) in [6.45, 7) is 0.372. The summed E-state index contributed by atoms with van der Waals surface area (Å²) in [6.07, 6.45) is 8.57. The summed E-state index contributed by atoms with van der Waals surface area (Å²) in [6, 6.07) is 1.72. The fourth-order valence-corrected chi connectivity index (χ4v) is 2.40. The Bertz CT molecular complexity index is 383. The first-order chi connectivity index (χ1) is 7.77. The van der Waals surface area contributed by atoms with Gasteiger partial charge < -0.3 is 5.11 Å². The number of aromatic nitrogens is 2. The van der Waals surface area contributed by atoms with Gasteiger partial charge in [0, 0.05) is 12.4 Å². The van der Waals surface area contributed by atoms with E-state index >= 15 is 0 Å². The molecule has 1 unspecified atom stereocenters. The molecule has 0 amide bonds. The van der Waals surface area contributed by atoms with E-state index in [1.807, 2.05) is 0 Å².